The summed E-state index contributed by atoms with van der Waals surface area (Å²) in [7, 11) is 1.78. The molecule has 0 atom stereocenters. The van der Waals surface area contributed by atoms with Gasteiger partial charge in [-0.3, -0.25) is 4.99 Å². The molecule has 1 aromatic heterocycles. The van der Waals surface area contributed by atoms with Crippen molar-refractivity contribution in [1.29, 1.82) is 0 Å². The standard InChI is InChI=1S/C16H20ClN3S.HI/c1-12-3-5-13(6-4-12)11-20-16(18-2)19-10-9-14-7-8-15(17)21-14;/h3-8H,9-11H2,1-2H3,(H2,18,19,20);1H. The third-order valence-corrected chi connectivity index (χ3v) is 4.39. The van der Waals surface area contributed by atoms with Crippen LogP contribution in [0.5, 0.6) is 0 Å². The van der Waals surface area contributed by atoms with Crippen LogP contribution in [0.4, 0.5) is 0 Å². The van der Waals surface area contributed by atoms with Gasteiger partial charge in [-0.1, -0.05) is 41.4 Å². The van der Waals surface area contributed by atoms with Gasteiger partial charge in [0.25, 0.3) is 0 Å². The molecule has 1 heterocycles. The van der Waals surface area contributed by atoms with Crippen molar-refractivity contribution in [2.24, 2.45) is 4.99 Å². The lowest BCUT2D eigenvalue weighted by Gasteiger charge is -2.11. The average Bonchev–Trinajstić information content (AvgIpc) is 2.90. The fourth-order valence-corrected chi connectivity index (χ4v) is 2.99. The van der Waals surface area contributed by atoms with Crippen molar-refractivity contribution >= 4 is 52.9 Å². The second-order valence-electron chi connectivity index (χ2n) is 4.79. The second-order valence-corrected chi connectivity index (χ2v) is 6.59. The van der Waals surface area contributed by atoms with Gasteiger partial charge in [0.1, 0.15) is 0 Å². The molecule has 2 rings (SSSR count). The summed E-state index contributed by atoms with van der Waals surface area (Å²) in [6.07, 6.45) is 0.947. The zero-order valence-corrected chi connectivity index (χ0v) is 16.6. The highest BCUT2D eigenvalue weighted by molar-refractivity contribution is 14.0. The molecule has 0 amide bonds. The summed E-state index contributed by atoms with van der Waals surface area (Å²) in [6.45, 7) is 3.70. The number of halogens is 2. The highest BCUT2D eigenvalue weighted by Gasteiger charge is 2.00. The summed E-state index contributed by atoms with van der Waals surface area (Å²) in [5.41, 5.74) is 2.52. The van der Waals surface area contributed by atoms with E-state index in [2.05, 4.69) is 52.9 Å². The number of hydrogen-bond acceptors (Lipinski definition) is 2. The van der Waals surface area contributed by atoms with Crippen molar-refractivity contribution in [3.63, 3.8) is 0 Å². The fourth-order valence-electron chi connectivity index (χ4n) is 1.90. The molecule has 22 heavy (non-hydrogen) atoms. The smallest absolute Gasteiger partial charge is 0.191 e. The Hall–Kier alpha value is -0.790. The molecule has 0 aliphatic rings. The van der Waals surface area contributed by atoms with E-state index in [9.17, 15) is 0 Å². The Balaban J connectivity index is 0.00000242. The maximum Gasteiger partial charge on any atom is 0.191 e. The molecule has 0 unspecified atom stereocenters. The lowest BCUT2D eigenvalue weighted by Crippen LogP contribution is -2.37. The fraction of sp³-hybridized carbons (Fsp3) is 0.312. The molecule has 2 aromatic rings. The second kappa shape index (κ2) is 10.1. The molecule has 0 spiro atoms. The zero-order valence-electron chi connectivity index (χ0n) is 12.7. The van der Waals surface area contributed by atoms with Crippen LogP contribution in [0.25, 0.3) is 0 Å². The number of aryl methyl sites for hydroxylation is 1. The Kier molecular flexibility index (Phi) is 8.82. The van der Waals surface area contributed by atoms with Crippen LogP contribution < -0.4 is 10.6 Å². The minimum absolute atomic E-state index is 0. The number of benzene rings is 1. The van der Waals surface area contributed by atoms with Crippen molar-refractivity contribution in [2.75, 3.05) is 13.6 Å². The maximum atomic E-state index is 5.92. The summed E-state index contributed by atoms with van der Waals surface area (Å²) in [6, 6.07) is 12.5. The van der Waals surface area contributed by atoms with Crippen LogP contribution in [0.15, 0.2) is 41.4 Å². The van der Waals surface area contributed by atoms with Gasteiger partial charge in [0.05, 0.1) is 4.34 Å². The lowest BCUT2D eigenvalue weighted by atomic mass is 10.1. The molecule has 0 radical (unpaired) electrons. The van der Waals surface area contributed by atoms with Gasteiger partial charge in [-0.2, -0.15) is 0 Å². The Bertz CT molecular complexity index is 596. The molecule has 1 aromatic carbocycles. The topological polar surface area (TPSA) is 36.4 Å². The summed E-state index contributed by atoms with van der Waals surface area (Å²) in [5.74, 6) is 0.818. The highest BCUT2D eigenvalue weighted by Crippen LogP contribution is 2.21. The minimum Gasteiger partial charge on any atom is -0.356 e. The molecule has 0 aliphatic heterocycles. The zero-order chi connectivity index (χ0) is 15.1. The predicted molar refractivity (Wildman–Crippen MR) is 108 cm³/mol. The minimum atomic E-state index is 0. The summed E-state index contributed by atoms with van der Waals surface area (Å²) in [4.78, 5) is 5.51. The van der Waals surface area contributed by atoms with Gasteiger partial charge in [0.15, 0.2) is 5.96 Å². The number of thiophene rings is 1. The third-order valence-electron chi connectivity index (χ3n) is 3.10. The van der Waals surface area contributed by atoms with Crippen LogP contribution in [0.1, 0.15) is 16.0 Å². The summed E-state index contributed by atoms with van der Waals surface area (Å²) < 4.78 is 0.840. The van der Waals surface area contributed by atoms with Crippen molar-refractivity contribution in [3.8, 4) is 0 Å². The molecule has 0 fully saturated rings. The molecule has 3 nitrogen and oxygen atoms in total. The Morgan fingerprint density at radius 2 is 1.86 bits per heavy atom. The van der Waals surface area contributed by atoms with Crippen LogP contribution in [-0.2, 0) is 13.0 Å². The van der Waals surface area contributed by atoms with Gasteiger partial charge < -0.3 is 10.6 Å². The van der Waals surface area contributed by atoms with Gasteiger partial charge in [0, 0.05) is 25.0 Å². The Morgan fingerprint density at radius 1 is 1.14 bits per heavy atom. The third kappa shape index (κ3) is 6.54. The largest absolute Gasteiger partial charge is 0.356 e. The van der Waals surface area contributed by atoms with Crippen molar-refractivity contribution in [1.82, 2.24) is 10.6 Å². The van der Waals surface area contributed by atoms with E-state index < -0.39 is 0 Å². The first-order chi connectivity index (χ1) is 10.2. The van der Waals surface area contributed by atoms with Gasteiger partial charge >= 0.3 is 0 Å². The van der Waals surface area contributed by atoms with Crippen molar-refractivity contribution in [2.45, 2.75) is 19.9 Å². The summed E-state index contributed by atoms with van der Waals surface area (Å²) >= 11 is 7.54. The lowest BCUT2D eigenvalue weighted by molar-refractivity contribution is 0.799. The molecule has 0 aliphatic carbocycles. The molecule has 2 N–H and O–H groups in total. The number of guanidine groups is 1. The molecule has 0 bridgehead atoms. The molecular weight excluding hydrogens is 429 g/mol. The molecule has 120 valence electrons. The maximum absolute atomic E-state index is 5.92. The first-order valence-corrected chi connectivity index (χ1v) is 8.11. The van der Waals surface area contributed by atoms with E-state index in [-0.39, 0.29) is 24.0 Å². The number of nitrogens with one attached hydrogen (secondary N) is 2. The highest BCUT2D eigenvalue weighted by atomic mass is 127. The van der Waals surface area contributed by atoms with Gasteiger partial charge in [0.2, 0.25) is 0 Å². The van der Waals surface area contributed by atoms with E-state index in [1.807, 2.05) is 6.07 Å². The number of nitrogens with zero attached hydrogens (tertiary/aromatic N) is 1. The van der Waals surface area contributed by atoms with Crippen LogP contribution >= 0.6 is 46.9 Å². The van der Waals surface area contributed by atoms with Crippen molar-refractivity contribution < 1.29 is 0 Å². The first kappa shape index (κ1) is 19.3. The van der Waals surface area contributed by atoms with Crippen LogP contribution in [0.2, 0.25) is 4.34 Å². The normalized spacial score (nSPS) is 11.0. The van der Waals surface area contributed by atoms with Gasteiger partial charge in [-0.05, 0) is 31.0 Å². The van der Waals surface area contributed by atoms with Gasteiger partial charge in [-0.15, -0.1) is 35.3 Å². The molecule has 0 saturated carbocycles. The number of aliphatic imine (C=N–C) groups is 1. The van der Waals surface area contributed by atoms with Crippen molar-refractivity contribution in [3.05, 3.63) is 56.7 Å². The quantitative estimate of drug-likeness (QED) is 0.407. The van der Waals surface area contributed by atoms with E-state index >= 15 is 0 Å². The average molecular weight is 450 g/mol. The molecule has 6 heteroatoms. The SMILES string of the molecule is CN=C(NCCc1ccc(Cl)s1)NCc1ccc(C)cc1.I. The Labute approximate surface area is 158 Å². The van der Waals surface area contributed by atoms with E-state index in [0.717, 1.165) is 29.8 Å². The predicted octanol–water partition coefficient (Wildman–Crippen LogP) is 4.24. The van der Waals surface area contributed by atoms with Crippen LogP contribution in [0.3, 0.4) is 0 Å². The van der Waals surface area contributed by atoms with E-state index in [1.165, 1.54) is 16.0 Å². The number of rotatable bonds is 5. The van der Waals surface area contributed by atoms with E-state index in [1.54, 1.807) is 18.4 Å². The van der Waals surface area contributed by atoms with E-state index in [4.69, 9.17) is 11.6 Å². The monoisotopic (exact) mass is 449 g/mol. The Morgan fingerprint density at radius 3 is 2.45 bits per heavy atom. The summed E-state index contributed by atoms with van der Waals surface area (Å²) in [5, 5.41) is 6.62. The first-order valence-electron chi connectivity index (χ1n) is 6.91. The van der Waals surface area contributed by atoms with Crippen LogP contribution in [-0.4, -0.2) is 19.6 Å². The van der Waals surface area contributed by atoms with E-state index in [0.29, 0.717) is 0 Å². The number of hydrogen-bond donors (Lipinski definition) is 2. The van der Waals surface area contributed by atoms with Crippen LogP contribution in [0, 0.1) is 6.92 Å². The molecule has 0 saturated heterocycles. The molecular formula is C16H21ClIN3S. The van der Waals surface area contributed by atoms with Gasteiger partial charge in [-0.25, -0.2) is 0 Å².